The van der Waals surface area contributed by atoms with E-state index in [1.165, 1.54) is 0 Å². The first-order valence-corrected chi connectivity index (χ1v) is 3.12. The van der Waals surface area contributed by atoms with Gasteiger partial charge in [-0.15, -0.1) is 17.0 Å². The Balaban J connectivity index is 0. The number of amides is 1. The molecule has 60 valence electrons. The first-order chi connectivity index (χ1) is 4.18. The lowest BCUT2D eigenvalue weighted by atomic mass is 10.3. The van der Waals surface area contributed by atoms with Crippen LogP contribution < -0.4 is 5.32 Å². The Labute approximate surface area is 72.5 Å². The van der Waals surface area contributed by atoms with E-state index in [0.717, 1.165) is 13.0 Å². The summed E-state index contributed by atoms with van der Waals surface area (Å²) in [5.41, 5.74) is 0.573. The molecule has 0 atom stereocenters. The zero-order valence-electron chi connectivity index (χ0n) is 6.44. The summed E-state index contributed by atoms with van der Waals surface area (Å²) < 4.78 is 0. The lowest BCUT2D eigenvalue weighted by Crippen LogP contribution is -2.24. The lowest BCUT2D eigenvalue weighted by Gasteiger charge is -1.99. The van der Waals surface area contributed by atoms with Crippen LogP contribution >= 0.6 is 17.0 Å². The van der Waals surface area contributed by atoms with E-state index in [-0.39, 0.29) is 22.9 Å². The standard InChI is InChI=1S/C7H13NO.BrH/c1-4-5-8-7(9)6(2)3;/h2,4-5H2,1,3H3,(H,8,9);1H. The van der Waals surface area contributed by atoms with Gasteiger partial charge < -0.3 is 5.32 Å². The van der Waals surface area contributed by atoms with Gasteiger partial charge in [0.05, 0.1) is 0 Å². The van der Waals surface area contributed by atoms with E-state index in [2.05, 4.69) is 11.9 Å². The Kier molecular flexibility index (Phi) is 8.42. The number of halogens is 1. The molecule has 3 heteroatoms. The quantitative estimate of drug-likeness (QED) is 0.702. The number of carbonyl (C=O) groups excluding carboxylic acids is 1. The number of hydrogen-bond acceptors (Lipinski definition) is 1. The number of rotatable bonds is 3. The summed E-state index contributed by atoms with van der Waals surface area (Å²) in [4.78, 5) is 10.7. The number of hydrogen-bond donors (Lipinski definition) is 1. The van der Waals surface area contributed by atoms with E-state index in [4.69, 9.17) is 0 Å². The summed E-state index contributed by atoms with van der Waals surface area (Å²) in [5.74, 6) is -0.0446. The third-order valence-corrected chi connectivity index (χ3v) is 0.923. The van der Waals surface area contributed by atoms with Gasteiger partial charge in [-0.2, -0.15) is 0 Å². The molecular formula is C7H14BrNO. The second kappa shape index (κ2) is 6.81. The molecule has 0 aromatic heterocycles. The van der Waals surface area contributed by atoms with Gasteiger partial charge in [0.25, 0.3) is 0 Å². The molecule has 0 radical (unpaired) electrons. The molecular weight excluding hydrogens is 194 g/mol. The fraction of sp³-hybridized carbons (Fsp3) is 0.571. The van der Waals surface area contributed by atoms with E-state index < -0.39 is 0 Å². The van der Waals surface area contributed by atoms with E-state index in [0.29, 0.717) is 5.57 Å². The van der Waals surface area contributed by atoms with Gasteiger partial charge in [0.1, 0.15) is 0 Å². The van der Waals surface area contributed by atoms with Crippen molar-refractivity contribution in [2.45, 2.75) is 20.3 Å². The van der Waals surface area contributed by atoms with Gasteiger partial charge in [-0.1, -0.05) is 13.5 Å². The van der Waals surface area contributed by atoms with Crippen LogP contribution in [0, 0.1) is 0 Å². The Morgan fingerprint density at radius 2 is 2.10 bits per heavy atom. The minimum atomic E-state index is -0.0446. The zero-order valence-corrected chi connectivity index (χ0v) is 8.15. The van der Waals surface area contributed by atoms with Gasteiger partial charge >= 0.3 is 0 Å². The highest BCUT2D eigenvalue weighted by Gasteiger charge is 1.96. The maximum atomic E-state index is 10.7. The van der Waals surface area contributed by atoms with Crippen LogP contribution in [0.15, 0.2) is 12.2 Å². The molecule has 2 nitrogen and oxygen atoms in total. The average molecular weight is 208 g/mol. The molecule has 0 bridgehead atoms. The van der Waals surface area contributed by atoms with Gasteiger partial charge in [-0.05, 0) is 13.3 Å². The summed E-state index contributed by atoms with van der Waals surface area (Å²) in [6.07, 6.45) is 0.971. The predicted molar refractivity (Wildman–Crippen MR) is 48.4 cm³/mol. The van der Waals surface area contributed by atoms with Crippen molar-refractivity contribution in [1.29, 1.82) is 0 Å². The number of nitrogens with one attached hydrogen (secondary N) is 1. The van der Waals surface area contributed by atoms with Crippen molar-refractivity contribution >= 4 is 22.9 Å². The molecule has 0 aliphatic rings. The highest BCUT2D eigenvalue weighted by molar-refractivity contribution is 8.93. The molecule has 0 aromatic rings. The van der Waals surface area contributed by atoms with Crippen LogP contribution in [0.4, 0.5) is 0 Å². The summed E-state index contributed by atoms with van der Waals surface area (Å²) in [6, 6.07) is 0. The van der Waals surface area contributed by atoms with Gasteiger partial charge in [-0.25, -0.2) is 0 Å². The van der Waals surface area contributed by atoms with Crippen molar-refractivity contribution < 1.29 is 4.79 Å². The van der Waals surface area contributed by atoms with Crippen LogP contribution in [0.2, 0.25) is 0 Å². The third kappa shape index (κ3) is 5.82. The Bertz CT molecular complexity index is 123. The maximum absolute atomic E-state index is 10.7. The molecule has 0 rings (SSSR count). The van der Waals surface area contributed by atoms with Crippen molar-refractivity contribution in [3.8, 4) is 0 Å². The fourth-order valence-corrected chi connectivity index (χ4v) is 0.389. The fourth-order valence-electron chi connectivity index (χ4n) is 0.389. The Morgan fingerprint density at radius 3 is 2.40 bits per heavy atom. The van der Waals surface area contributed by atoms with Crippen molar-refractivity contribution in [3.63, 3.8) is 0 Å². The molecule has 0 saturated heterocycles. The normalized spacial score (nSPS) is 7.80. The SMILES string of the molecule is Br.C=C(C)C(=O)NCCC. The highest BCUT2D eigenvalue weighted by Crippen LogP contribution is 1.84. The topological polar surface area (TPSA) is 29.1 Å². The molecule has 0 heterocycles. The largest absolute Gasteiger partial charge is 0.352 e. The molecule has 1 amide bonds. The second-order valence-electron chi connectivity index (χ2n) is 2.04. The van der Waals surface area contributed by atoms with Crippen molar-refractivity contribution in [3.05, 3.63) is 12.2 Å². The molecule has 0 aliphatic carbocycles. The van der Waals surface area contributed by atoms with Crippen LogP contribution in [-0.4, -0.2) is 12.5 Å². The average Bonchev–Trinajstić information content (AvgIpc) is 1.82. The minimum absolute atomic E-state index is 0. The van der Waals surface area contributed by atoms with E-state index in [1.54, 1.807) is 6.92 Å². The monoisotopic (exact) mass is 207 g/mol. The molecule has 1 N–H and O–H groups in total. The summed E-state index contributed by atoms with van der Waals surface area (Å²) in [7, 11) is 0. The molecule has 0 aliphatic heterocycles. The van der Waals surface area contributed by atoms with Crippen LogP contribution in [0.1, 0.15) is 20.3 Å². The lowest BCUT2D eigenvalue weighted by molar-refractivity contribution is -0.117. The molecule has 0 spiro atoms. The molecule has 0 aromatic carbocycles. The Morgan fingerprint density at radius 1 is 1.60 bits per heavy atom. The third-order valence-electron chi connectivity index (χ3n) is 0.923. The predicted octanol–water partition coefficient (Wildman–Crippen LogP) is 1.67. The van der Waals surface area contributed by atoms with Crippen molar-refractivity contribution in [1.82, 2.24) is 5.32 Å². The molecule has 0 unspecified atom stereocenters. The minimum Gasteiger partial charge on any atom is -0.352 e. The van der Waals surface area contributed by atoms with Gasteiger partial charge in [-0.3, -0.25) is 4.79 Å². The van der Waals surface area contributed by atoms with Crippen LogP contribution in [0.25, 0.3) is 0 Å². The van der Waals surface area contributed by atoms with Crippen molar-refractivity contribution in [2.75, 3.05) is 6.54 Å². The zero-order chi connectivity index (χ0) is 7.28. The van der Waals surface area contributed by atoms with Crippen molar-refractivity contribution in [2.24, 2.45) is 0 Å². The second-order valence-corrected chi connectivity index (χ2v) is 2.04. The van der Waals surface area contributed by atoms with Gasteiger partial charge in [0.15, 0.2) is 0 Å². The van der Waals surface area contributed by atoms with E-state index in [1.807, 2.05) is 6.92 Å². The van der Waals surface area contributed by atoms with Gasteiger partial charge in [0, 0.05) is 12.1 Å². The van der Waals surface area contributed by atoms with Gasteiger partial charge in [0.2, 0.25) is 5.91 Å². The summed E-state index contributed by atoms with van der Waals surface area (Å²) in [6.45, 7) is 7.95. The first kappa shape index (κ1) is 12.4. The molecule has 10 heavy (non-hydrogen) atoms. The van der Waals surface area contributed by atoms with E-state index in [9.17, 15) is 4.79 Å². The van der Waals surface area contributed by atoms with Crippen LogP contribution in [0.3, 0.4) is 0 Å². The Hall–Kier alpha value is -0.310. The summed E-state index contributed by atoms with van der Waals surface area (Å²) in [5, 5.41) is 2.69. The smallest absolute Gasteiger partial charge is 0.246 e. The van der Waals surface area contributed by atoms with Crippen LogP contribution in [-0.2, 0) is 4.79 Å². The van der Waals surface area contributed by atoms with Crippen LogP contribution in [0.5, 0.6) is 0 Å². The maximum Gasteiger partial charge on any atom is 0.246 e. The van der Waals surface area contributed by atoms with E-state index >= 15 is 0 Å². The first-order valence-electron chi connectivity index (χ1n) is 3.12. The molecule has 0 saturated carbocycles. The number of carbonyl (C=O) groups is 1. The summed E-state index contributed by atoms with van der Waals surface area (Å²) >= 11 is 0. The molecule has 0 fully saturated rings. The highest BCUT2D eigenvalue weighted by atomic mass is 79.9.